The molecule has 1 aliphatic rings. The van der Waals surface area contributed by atoms with Crippen LogP contribution >= 0.6 is 0 Å². The zero-order chi connectivity index (χ0) is 13.3. The average Bonchev–Trinajstić information content (AvgIpc) is 2.37. The van der Waals surface area contributed by atoms with Crippen molar-refractivity contribution in [2.75, 3.05) is 0 Å². The Morgan fingerprint density at radius 2 is 1.72 bits per heavy atom. The Balaban J connectivity index is 2.56. The van der Waals surface area contributed by atoms with Crippen LogP contribution in [0.25, 0.3) is 0 Å². The first-order chi connectivity index (χ1) is 8.49. The number of rotatable bonds is 2. The normalized spacial score (nSPS) is 18.5. The summed E-state index contributed by atoms with van der Waals surface area (Å²) >= 11 is 0. The van der Waals surface area contributed by atoms with Crippen molar-refractivity contribution >= 4 is 5.97 Å². The number of benzene rings is 1. The maximum atomic E-state index is 13.1. The van der Waals surface area contributed by atoms with Crippen LogP contribution in [0, 0.1) is 5.82 Å². The second-order valence-corrected chi connectivity index (χ2v) is 4.74. The molecule has 5 heteroatoms. The minimum Gasteiger partial charge on any atom is -0.504 e. The summed E-state index contributed by atoms with van der Waals surface area (Å²) in [5.41, 5.74) is -1.11. The van der Waals surface area contributed by atoms with Gasteiger partial charge in [-0.1, -0.05) is 25.3 Å². The molecule has 0 spiro atoms. The number of hydrogen-bond donors (Lipinski definition) is 3. The zero-order valence-corrected chi connectivity index (χ0v) is 9.82. The fourth-order valence-corrected chi connectivity index (χ4v) is 2.69. The first kappa shape index (κ1) is 12.7. The van der Waals surface area contributed by atoms with Crippen LogP contribution in [-0.2, 0) is 10.2 Å². The van der Waals surface area contributed by atoms with Crippen LogP contribution in [0.4, 0.5) is 4.39 Å². The molecule has 18 heavy (non-hydrogen) atoms. The minimum absolute atomic E-state index is 0.105. The Morgan fingerprint density at radius 3 is 2.28 bits per heavy atom. The highest BCUT2D eigenvalue weighted by Crippen LogP contribution is 2.46. The molecule has 0 aromatic heterocycles. The highest BCUT2D eigenvalue weighted by molar-refractivity contribution is 5.83. The van der Waals surface area contributed by atoms with Gasteiger partial charge in [0.1, 0.15) is 0 Å². The van der Waals surface area contributed by atoms with E-state index >= 15 is 0 Å². The quantitative estimate of drug-likeness (QED) is 0.709. The van der Waals surface area contributed by atoms with Crippen molar-refractivity contribution < 1.29 is 24.5 Å². The third kappa shape index (κ3) is 1.79. The molecule has 0 radical (unpaired) electrons. The van der Waals surface area contributed by atoms with Gasteiger partial charge in [-0.2, -0.15) is 0 Å². The number of phenols is 2. The number of aliphatic carboxylic acids is 1. The predicted molar refractivity (Wildman–Crippen MR) is 62.1 cm³/mol. The van der Waals surface area contributed by atoms with Crippen molar-refractivity contribution in [3.63, 3.8) is 0 Å². The molecule has 3 N–H and O–H groups in total. The summed E-state index contributed by atoms with van der Waals surface area (Å²) in [7, 11) is 0. The van der Waals surface area contributed by atoms with E-state index in [0.29, 0.717) is 12.8 Å². The average molecular weight is 254 g/mol. The third-order valence-electron chi connectivity index (χ3n) is 3.73. The maximum absolute atomic E-state index is 13.1. The van der Waals surface area contributed by atoms with Crippen molar-refractivity contribution in [3.8, 4) is 11.5 Å². The van der Waals surface area contributed by atoms with Gasteiger partial charge >= 0.3 is 5.97 Å². The molecule has 0 bridgehead atoms. The Bertz CT molecular complexity index is 478. The minimum atomic E-state index is -1.21. The van der Waals surface area contributed by atoms with Gasteiger partial charge in [-0.25, -0.2) is 4.39 Å². The maximum Gasteiger partial charge on any atom is 0.314 e. The molecule has 98 valence electrons. The molecule has 0 aliphatic heterocycles. The first-order valence-electron chi connectivity index (χ1n) is 5.93. The van der Waals surface area contributed by atoms with Gasteiger partial charge in [0.15, 0.2) is 17.3 Å². The van der Waals surface area contributed by atoms with E-state index in [1.807, 2.05) is 0 Å². The summed E-state index contributed by atoms with van der Waals surface area (Å²) in [4.78, 5) is 11.5. The molecule has 0 unspecified atom stereocenters. The lowest BCUT2D eigenvalue weighted by molar-refractivity contribution is -0.145. The summed E-state index contributed by atoms with van der Waals surface area (Å²) in [6, 6.07) is 2.24. The van der Waals surface area contributed by atoms with E-state index in [2.05, 4.69) is 0 Å². The van der Waals surface area contributed by atoms with E-state index in [9.17, 15) is 24.5 Å². The number of carboxylic acid groups (broad SMARTS) is 1. The first-order valence-corrected chi connectivity index (χ1v) is 5.93. The lowest BCUT2D eigenvalue weighted by atomic mass is 9.69. The molecule has 4 nitrogen and oxygen atoms in total. The number of carboxylic acids is 1. The number of phenolic OH excluding ortho intramolecular Hbond substituents is 2. The summed E-state index contributed by atoms with van der Waals surface area (Å²) in [6.07, 6.45) is 3.21. The topological polar surface area (TPSA) is 77.8 Å². The van der Waals surface area contributed by atoms with Crippen molar-refractivity contribution in [2.45, 2.75) is 37.5 Å². The molecule has 1 saturated carbocycles. The smallest absolute Gasteiger partial charge is 0.314 e. The lowest BCUT2D eigenvalue weighted by Gasteiger charge is -2.34. The van der Waals surface area contributed by atoms with Crippen LogP contribution in [-0.4, -0.2) is 21.3 Å². The van der Waals surface area contributed by atoms with Crippen LogP contribution < -0.4 is 0 Å². The van der Waals surface area contributed by atoms with Crippen molar-refractivity contribution in [1.82, 2.24) is 0 Å². The Kier molecular flexibility index (Phi) is 3.15. The highest BCUT2D eigenvalue weighted by atomic mass is 19.1. The standard InChI is InChI=1S/C13H15FO4/c14-9-5-4-8(10(15)11(9)16)13(12(17)18)6-2-1-3-7-13/h4-5,15-16H,1-3,6-7H2,(H,17,18). The summed E-state index contributed by atoms with van der Waals surface area (Å²) in [6.45, 7) is 0. The van der Waals surface area contributed by atoms with E-state index < -0.39 is 28.7 Å². The predicted octanol–water partition coefficient (Wildman–Crippen LogP) is 2.52. The van der Waals surface area contributed by atoms with Crippen LogP contribution in [0.3, 0.4) is 0 Å². The Morgan fingerprint density at radius 1 is 1.11 bits per heavy atom. The monoisotopic (exact) mass is 254 g/mol. The number of halogens is 1. The van der Waals surface area contributed by atoms with Gasteiger partial charge < -0.3 is 15.3 Å². The van der Waals surface area contributed by atoms with Gasteiger partial charge in [0.05, 0.1) is 5.41 Å². The third-order valence-corrected chi connectivity index (χ3v) is 3.73. The molecule has 0 atom stereocenters. The summed E-state index contributed by atoms with van der Waals surface area (Å²) in [5, 5.41) is 28.6. The Labute approximate surface area is 104 Å². The molecular weight excluding hydrogens is 239 g/mol. The number of aromatic hydroxyl groups is 2. The molecular formula is C13H15FO4. The number of carbonyl (C=O) groups is 1. The van der Waals surface area contributed by atoms with Gasteiger partial charge in [-0.05, 0) is 18.9 Å². The van der Waals surface area contributed by atoms with Gasteiger partial charge in [-0.15, -0.1) is 0 Å². The van der Waals surface area contributed by atoms with Crippen LogP contribution in [0.1, 0.15) is 37.7 Å². The van der Waals surface area contributed by atoms with E-state index in [1.54, 1.807) is 0 Å². The van der Waals surface area contributed by atoms with Gasteiger partial charge in [-0.3, -0.25) is 4.79 Å². The molecule has 1 aromatic rings. The second kappa shape index (κ2) is 4.48. The van der Waals surface area contributed by atoms with Crippen molar-refractivity contribution in [1.29, 1.82) is 0 Å². The van der Waals surface area contributed by atoms with Crippen LogP contribution in [0.15, 0.2) is 12.1 Å². The zero-order valence-electron chi connectivity index (χ0n) is 9.82. The molecule has 0 saturated heterocycles. The molecule has 2 rings (SSSR count). The van der Waals surface area contributed by atoms with Gasteiger partial charge in [0.2, 0.25) is 0 Å². The Hall–Kier alpha value is -1.78. The van der Waals surface area contributed by atoms with E-state index in [4.69, 9.17) is 0 Å². The van der Waals surface area contributed by atoms with Gasteiger partial charge in [0, 0.05) is 5.56 Å². The largest absolute Gasteiger partial charge is 0.504 e. The molecule has 0 heterocycles. The van der Waals surface area contributed by atoms with Crippen molar-refractivity contribution in [2.24, 2.45) is 0 Å². The fourth-order valence-electron chi connectivity index (χ4n) is 2.69. The molecule has 0 amide bonds. The summed E-state index contributed by atoms with van der Waals surface area (Å²) in [5.74, 6) is -3.52. The molecule has 1 aromatic carbocycles. The SMILES string of the molecule is O=C(O)C1(c2ccc(F)c(O)c2O)CCCCC1. The van der Waals surface area contributed by atoms with E-state index in [0.717, 1.165) is 25.3 Å². The number of hydrogen-bond acceptors (Lipinski definition) is 3. The molecule has 1 fully saturated rings. The fraction of sp³-hybridized carbons (Fsp3) is 0.462. The van der Waals surface area contributed by atoms with E-state index in [-0.39, 0.29) is 5.56 Å². The summed E-state index contributed by atoms with van der Waals surface area (Å²) < 4.78 is 13.1. The second-order valence-electron chi connectivity index (χ2n) is 4.74. The van der Waals surface area contributed by atoms with Crippen LogP contribution in [0.2, 0.25) is 0 Å². The highest BCUT2D eigenvalue weighted by Gasteiger charge is 2.43. The van der Waals surface area contributed by atoms with Crippen LogP contribution in [0.5, 0.6) is 11.5 Å². The van der Waals surface area contributed by atoms with Gasteiger partial charge in [0.25, 0.3) is 0 Å². The lowest BCUT2D eigenvalue weighted by Crippen LogP contribution is -2.37. The van der Waals surface area contributed by atoms with E-state index in [1.165, 1.54) is 6.07 Å². The molecule has 1 aliphatic carbocycles. The van der Waals surface area contributed by atoms with Crippen molar-refractivity contribution in [3.05, 3.63) is 23.5 Å².